The molecule has 0 aromatic heterocycles. The zero-order valence-corrected chi connectivity index (χ0v) is 17.5. The Bertz CT molecular complexity index is 621. The second kappa shape index (κ2) is 7.75. The van der Waals surface area contributed by atoms with Crippen molar-refractivity contribution in [3.05, 3.63) is 17.7 Å². The molecule has 0 radical (unpaired) electrons. The molecule has 1 N–H and O–H groups in total. The molecular formula is C22H32O4S. The Labute approximate surface area is 167 Å². The lowest BCUT2D eigenvalue weighted by Gasteiger charge is -2.61. The predicted octanol–water partition coefficient (Wildman–Crippen LogP) is 4.52. The van der Waals surface area contributed by atoms with Crippen molar-refractivity contribution in [2.75, 3.05) is 27.9 Å². The van der Waals surface area contributed by atoms with Crippen molar-refractivity contribution in [1.82, 2.24) is 0 Å². The molecule has 0 aliphatic heterocycles. The molecule has 0 saturated heterocycles. The average molecular weight is 393 g/mol. The third-order valence-corrected chi connectivity index (χ3v) is 9.17. The zero-order valence-electron chi connectivity index (χ0n) is 16.7. The van der Waals surface area contributed by atoms with E-state index in [0.717, 1.165) is 58.7 Å². The van der Waals surface area contributed by atoms with Crippen LogP contribution in [0.5, 0.6) is 17.2 Å². The summed E-state index contributed by atoms with van der Waals surface area (Å²) in [6.45, 7) is 0.284. The first-order valence-corrected chi connectivity index (χ1v) is 11.2. The van der Waals surface area contributed by atoms with E-state index >= 15 is 0 Å². The van der Waals surface area contributed by atoms with E-state index in [1.165, 1.54) is 32.1 Å². The molecule has 0 unspecified atom stereocenters. The summed E-state index contributed by atoms with van der Waals surface area (Å²) in [5, 5.41) is 9.90. The molecule has 5 rings (SSSR count). The summed E-state index contributed by atoms with van der Waals surface area (Å²) in [5.74, 6) is 6.61. The zero-order chi connectivity index (χ0) is 19.0. The first kappa shape index (κ1) is 19.3. The van der Waals surface area contributed by atoms with Gasteiger partial charge in [0.05, 0.1) is 21.3 Å². The van der Waals surface area contributed by atoms with Crippen LogP contribution in [0, 0.1) is 23.7 Å². The molecule has 1 aromatic rings. The molecule has 0 amide bonds. The lowest BCUT2D eigenvalue weighted by Crippen LogP contribution is -2.56. The molecular weight excluding hydrogens is 360 g/mol. The van der Waals surface area contributed by atoms with Gasteiger partial charge in [-0.1, -0.05) is 0 Å². The second-order valence-corrected chi connectivity index (χ2v) is 9.87. The predicted molar refractivity (Wildman–Crippen MR) is 109 cm³/mol. The second-order valence-electron chi connectivity index (χ2n) is 8.53. The van der Waals surface area contributed by atoms with Crippen molar-refractivity contribution in [3.63, 3.8) is 0 Å². The number of thioether (sulfide) groups is 1. The van der Waals surface area contributed by atoms with Gasteiger partial charge in [0.1, 0.15) is 17.2 Å². The van der Waals surface area contributed by atoms with Crippen molar-refractivity contribution >= 4 is 11.8 Å². The molecule has 27 heavy (non-hydrogen) atoms. The number of benzene rings is 1. The van der Waals surface area contributed by atoms with Crippen LogP contribution >= 0.6 is 11.8 Å². The Kier molecular flexibility index (Phi) is 5.52. The molecule has 1 aromatic carbocycles. The standard InChI is InChI=1S/C22H32O4S/c1-24-18-11-20(25-2)19(21(12-18)26-3)13-27-22(4-5-23)16-7-14-6-15(9-16)10-17(22)8-14/h11-12,14-17,23H,4-10,13H2,1-3H3. The summed E-state index contributed by atoms with van der Waals surface area (Å²) in [6, 6.07) is 3.88. The van der Waals surface area contributed by atoms with E-state index in [1.807, 2.05) is 23.9 Å². The maximum absolute atomic E-state index is 9.90. The number of methoxy groups -OCH3 is 3. The van der Waals surface area contributed by atoms with E-state index in [4.69, 9.17) is 14.2 Å². The summed E-state index contributed by atoms with van der Waals surface area (Å²) in [7, 11) is 5.07. The van der Waals surface area contributed by atoms with Crippen molar-refractivity contribution in [2.24, 2.45) is 23.7 Å². The quantitative estimate of drug-likeness (QED) is 0.705. The smallest absolute Gasteiger partial charge is 0.130 e. The van der Waals surface area contributed by atoms with Crippen LogP contribution in [-0.2, 0) is 5.75 Å². The highest BCUT2D eigenvalue weighted by atomic mass is 32.2. The molecule has 4 bridgehead atoms. The van der Waals surface area contributed by atoms with Gasteiger partial charge in [0.25, 0.3) is 0 Å². The molecule has 150 valence electrons. The number of aliphatic hydroxyl groups is 1. The lowest BCUT2D eigenvalue weighted by molar-refractivity contribution is -0.0246. The number of hydrogen-bond donors (Lipinski definition) is 1. The third-order valence-electron chi connectivity index (χ3n) is 7.33. The van der Waals surface area contributed by atoms with Gasteiger partial charge in [0.15, 0.2) is 0 Å². The van der Waals surface area contributed by atoms with Crippen LogP contribution in [-0.4, -0.2) is 37.8 Å². The number of hydrogen-bond acceptors (Lipinski definition) is 5. The summed E-state index contributed by atoms with van der Waals surface area (Å²) < 4.78 is 16.9. The Hall–Kier alpha value is -1.07. The average Bonchev–Trinajstić information content (AvgIpc) is 2.68. The molecule has 0 atom stereocenters. The largest absolute Gasteiger partial charge is 0.496 e. The molecule has 0 spiro atoms. The number of aliphatic hydroxyl groups excluding tert-OH is 1. The summed E-state index contributed by atoms with van der Waals surface area (Å²) >= 11 is 2.05. The van der Waals surface area contributed by atoms with Crippen LogP contribution in [0.1, 0.15) is 44.1 Å². The number of rotatable bonds is 8. The van der Waals surface area contributed by atoms with E-state index in [2.05, 4.69) is 0 Å². The minimum absolute atomic E-state index is 0.206. The topological polar surface area (TPSA) is 47.9 Å². The van der Waals surface area contributed by atoms with Gasteiger partial charge in [-0.05, 0) is 62.2 Å². The summed E-state index contributed by atoms with van der Waals surface area (Å²) in [6.07, 6.45) is 7.79. The van der Waals surface area contributed by atoms with E-state index < -0.39 is 0 Å². The fraction of sp³-hybridized carbons (Fsp3) is 0.727. The Morgan fingerprint density at radius 3 is 1.93 bits per heavy atom. The first-order valence-electron chi connectivity index (χ1n) is 10.2. The minimum Gasteiger partial charge on any atom is -0.496 e. The van der Waals surface area contributed by atoms with Crippen LogP contribution in [0.2, 0.25) is 0 Å². The van der Waals surface area contributed by atoms with Crippen LogP contribution in [0.4, 0.5) is 0 Å². The Morgan fingerprint density at radius 1 is 0.926 bits per heavy atom. The first-order chi connectivity index (χ1) is 13.1. The molecule has 4 nitrogen and oxygen atoms in total. The van der Waals surface area contributed by atoms with Crippen LogP contribution in [0.3, 0.4) is 0 Å². The lowest BCUT2D eigenvalue weighted by atomic mass is 9.51. The highest BCUT2D eigenvalue weighted by Gasteiger charge is 2.56. The SMILES string of the molecule is COc1cc(OC)c(CSC2(CCO)C3CC4CC(C3)CC2C4)c(OC)c1. The van der Waals surface area contributed by atoms with Gasteiger partial charge in [0.2, 0.25) is 0 Å². The monoisotopic (exact) mass is 392 g/mol. The molecule has 4 saturated carbocycles. The molecule has 4 aliphatic carbocycles. The fourth-order valence-corrected chi connectivity index (χ4v) is 8.09. The minimum atomic E-state index is 0.206. The highest BCUT2D eigenvalue weighted by molar-refractivity contribution is 7.99. The highest BCUT2D eigenvalue weighted by Crippen LogP contribution is 2.64. The maximum atomic E-state index is 9.90. The van der Waals surface area contributed by atoms with Gasteiger partial charge in [-0.2, -0.15) is 0 Å². The number of ether oxygens (including phenoxy) is 3. The van der Waals surface area contributed by atoms with Crippen molar-refractivity contribution in [2.45, 2.75) is 49.0 Å². The van der Waals surface area contributed by atoms with E-state index in [9.17, 15) is 5.11 Å². The normalized spacial score (nSPS) is 33.9. The van der Waals surface area contributed by atoms with E-state index in [0.29, 0.717) is 0 Å². The third kappa shape index (κ3) is 3.31. The van der Waals surface area contributed by atoms with Gasteiger partial charge in [-0.15, -0.1) is 11.8 Å². The maximum Gasteiger partial charge on any atom is 0.130 e. The Balaban J connectivity index is 1.61. The summed E-state index contributed by atoms with van der Waals surface area (Å²) in [4.78, 5) is 0. The van der Waals surface area contributed by atoms with Gasteiger partial charge >= 0.3 is 0 Å². The van der Waals surface area contributed by atoms with Crippen LogP contribution in [0.25, 0.3) is 0 Å². The van der Waals surface area contributed by atoms with Gasteiger partial charge in [-0.3, -0.25) is 0 Å². The van der Waals surface area contributed by atoms with Crippen LogP contribution in [0.15, 0.2) is 12.1 Å². The van der Waals surface area contributed by atoms with Gasteiger partial charge < -0.3 is 19.3 Å². The van der Waals surface area contributed by atoms with Crippen molar-refractivity contribution in [1.29, 1.82) is 0 Å². The Morgan fingerprint density at radius 2 is 1.48 bits per heavy atom. The van der Waals surface area contributed by atoms with E-state index in [1.54, 1.807) is 21.3 Å². The van der Waals surface area contributed by atoms with Gasteiger partial charge in [0, 0.05) is 34.8 Å². The molecule has 5 heteroatoms. The molecule has 4 fully saturated rings. The molecule has 4 aliphatic rings. The summed E-state index contributed by atoms with van der Waals surface area (Å²) in [5.41, 5.74) is 1.09. The van der Waals surface area contributed by atoms with Crippen molar-refractivity contribution in [3.8, 4) is 17.2 Å². The fourth-order valence-electron chi connectivity index (χ4n) is 6.30. The van der Waals surface area contributed by atoms with Crippen molar-refractivity contribution < 1.29 is 19.3 Å². The van der Waals surface area contributed by atoms with Gasteiger partial charge in [-0.25, -0.2) is 0 Å². The van der Waals surface area contributed by atoms with E-state index in [-0.39, 0.29) is 11.4 Å². The molecule has 0 heterocycles. The van der Waals surface area contributed by atoms with Crippen LogP contribution < -0.4 is 14.2 Å².